The lowest BCUT2D eigenvalue weighted by atomic mass is 10.2. The van der Waals surface area contributed by atoms with Gasteiger partial charge in [0, 0.05) is 0 Å². The van der Waals surface area contributed by atoms with Crippen molar-refractivity contribution in [3.05, 3.63) is 0 Å². The SMILES string of the molecule is C[C@H](NC(=O)CSCC#N)C(=O)OC(C)(C)C. The molecule has 0 bridgehead atoms. The summed E-state index contributed by atoms with van der Waals surface area (Å²) < 4.78 is 5.11. The molecular formula is C11H18N2O3S. The second-order valence-corrected chi connectivity index (χ2v) is 5.46. The van der Waals surface area contributed by atoms with Gasteiger partial charge in [0.1, 0.15) is 11.6 Å². The van der Waals surface area contributed by atoms with Crippen LogP contribution in [0.15, 0.2) is 0 Å². The van der Waals surface area contributed by atoms with Crippen molar-refractivity contribution in [3.8, 4) is 6.07 Å². The molecule has 96 valence electrons. The Morgan fingerprint density at radius 3 is 2.53 bits per heavy atom. The topological polar surface area (TPSA) is 79.2 Å². The van der Waals surface area contributed by atoms with Gasteiger partial charge in [0.2, 0.25) is 5.91 Å². The van der Waals surface area contributed by atoms with Gasteiger partial charge in [-0.1, -0.05) is 0 Å². The molecule has 1 atom stereocenters. The monoisotopic (exact) mass is 258 g/mol. The summed E-state index contributed by atoms with van der Waals surface area (Å²) in [6.45, 7) is 6.87. The first-order valence-electron chi connectivity index (χ1n) is 5.23. The minimum Gasteiger partial charge on any atom is -0.458 e. The molecule has 0 heterocycles. The molecule has 0 saturated carbocycles. The van der Waals surface area contributed by atoms with Crippen LogP contribution in [0, 0.1) is 11.3 Å². The highest BCUT2D eigenvalue weighted by atomic mass is 32.2. The van der Waals surface area contributed by atoms with E-state index in [0.717, 1.165) is 0 Å². The molecule has 5 nitrogen and oxygen atoms in total. The molecule has 1 amide bonds. The van der Waals surface area contributed by atoms with Crippen LogP contribution in [0.4, 0.5) is 0 Å². The molecule has 0 aromatic heterocycles. The van der Waals surface area contributed by atoms with Crippen molar-refractivity contribution >= 4 is 23.6 Å². The fourth-order valence-corrected chi connectivity index (χ4v) is 1.38. The van der Waals surface area contributed by atoms with Crippen molar-refractivity contribution in [2.24, 2.45) is 0 Å². The number of amides is 1. The second-order valence-electron chi connectivity index (χ2n) is 4.47. The van der Waals surface area contributed by atoms with Crippen LogP contribution >= 0.6 is 11.8 Å². The van der Waals surface area contributed by atoms with E-state index in [4.69, 9.17) is 10.00 Å². The van der Waals surface area contributed by atoms with E-state index in [1.807, 2.05) is 6.07 Å². The smallest absolute Gasteiger partial charge is 0.328 e. The summed E-state index contributed by atoms with van der Waals surface area (Å²) in [7, 11) is 0. The first-order valence-corrected chi connectivity index (χ1v) is 6.38. The summed E-state index contributed by atoms with van der Waals surface area (Å²) in [4.78, 5) is 22.9. The van der Waals surface area contributed by atoms with Crippen molar-refractivity contribution in [1.82, 2.24) is 5.32 Å². The predicted octanol–water partition coefficient (Wildman–Crippen LogP) is 1.09. The number of hydrogen-bond donors (Lipinski definition) is 1. The molecule has 0 rings (SSSR count). The lowest BCUT2D eigenvalue weighted by Gasteiger charge is -2.22. The summed E-state index contributed by atoms with van der Waals surface area (Å²) in [6.07, 6.45) is 0. The molecule has 0 saturated heterocycles. The summed E-state index contributed by atoms with van der Waals surface area (Å²) in [5.74, 6) is -0.311. The number of rotatable bonds is 5. The molecule has 0 aliphatic rings. The molecule has 17 heavy (non-hydrogen) atoms. The maximum Gasteiger partial charge on any atom is 0.328 e. The van der Waals surface area contributed by atoms with E-state index >= 15 is 0 Å². The Bertz CT molecular complexity index is 318. The third-order valence-electron chi connectivity index (χ3n) is 1.54. The van der Waals surface area contributed by atoms with Crippen LogP contribution in [-0.2, 0) is 14.3 Å². The van der Waals surface area contributed by atoms with Gasteiger partial charge in [0.15, 0.2) is 0 Å². The first kappa shape index (κ1) is 15.8. The largest absolute Gasteiger partial charge is 0.458 e. The third kappa shape index (κ3) is 8.57. The summed E-state index contributed by atoms with van der Waals surface area (Å²) in [5, 5.41) is 10.8. The number of hydrogen-bond acceptors (Lipinski definition) is 5. The van der Waals surface area contributed by atoms with E-state index in [1.165, 1.54) is 11.8 Å². The third-order valence-corrected chi connectivity index (χ3v) is 2.34. The predicted molar refractivity (Wildman–Crippen MR) is 66.4 cm³/mol. The van der Waals surface area contributed by atoms with Gasteiger partial charge in [-0.05, 0) is 27.7 Å². The van der Waals surface area contributed by atoms with Crippen LogP contribution in [0.5, 0.6) is 0 Å². The van der Waals surface area contributed by atoms with Gasteiger partial charge in [0.05, 0.1) is 17.6 Å². The number of nitrogens with zero attached hydrogens (tertiary/aromatic N) is 1. The van der Waals surface area contributed by atoms with E-state index in [-0.39, 0.29) is 17.4 Å². The highest BCUT2D eigenvalue weighted by Crippen LogP contribution is 2.08. The number of nitrogens with one attached hydrogen (secondary N) is 1. The van der Waals surface area contributed by atoms with Gasteiger partial charge in [-0.15, -0.1) is 11.8 Å². The lowest BCUT2D eigenvalue weighted by Crippen LogP contribution is -2.42. The Morgan fingerprint density at radius 2 is 2.06 bits per heavy atom. The highest BCUT2D eigenvalue weighted by Gasteiger charge is 2.22. The fourth-order valence-electron chi connectivity index (χ4n) is 0.922. The van der Waals surface area contributed by atoms with Crippen molar-refractivity contribution < 1.29 is 14.3 Å². The molecule has 0 aromatic rings. The van der Waals surface area contributed by atoms with Crippen LogP contribution in [0.25, 0.3) is 0 Å². The number of carbonyl (C=O) groups is 2. The molecular weight excluding hydrogens is 240 g/mol. The van der Waals surface area contributed by atoms with Crippen molar-refractivity contribution in [2.45, 2.75) is 39.3 Å². The molecule has 0 fully saturated rings. The molecule has 0 aromatic carbocycles. The average molecular weight is 258 g/mol. The van der Waals surface area contributed by atoms with Gasteiger partial charge < -0.3 is 10.1 Å². The quantitative estimate of drug-likeness (QED) is 0.590. The molecule has 0 aliphatic carbocycles. The summed E-state index contributed by atoms with van der Waals surface area (Å²) in [6, 6.07) is 1.25. The normalized spacial score (nSPS) is 12.4. The number of esters is 1. The van der Waals surface area contributed by atoms with Gasteiger partial charge in [-0.2, -0.15) is 5.26 Å². The summed E-state index contributed by atoms with van der Waals surface area (Å²) >= 11 is 1.20. The van der Waals surface area contributed by atoms with Gasteiger partial charge >= 0.3 is 5.97 Å². The van der Waals surface area contributed by atoms with Crippen LogP contribution in [-0.4, -0.2) is 35.0 Å². The number of carbonyl (C=O) groups excluding carboxylic acids is 2. The van der Waals surface area contributed by atoms with Crippen molar-refractivity contribution in [3.63, 3.8) is 0 Å². The molecule has 6 heteroatoms. The van der Waals surface area contributed by atoms with Crippen LogP contribution in [0.2, 0.25) is 0 Å². The lowest BCUT2D eigenvalue weighted by molar-refractivity contribution is -0.157. The van der Waals surface area contributed by atoms with Crippen LogP contribution in [0.3, 0.4) is 0 Å². The zero-order valence-corrected chi connectivity index (χ0v) is 11.4. The standard InChI is InChI=1S/C11H18N2O3S/c1-8(10(15)16-11(2,3)4)13-9(14)7-17-6-5-12/h8H,6-7H2,1-4H3,(H,13,14)/t8-/m0/s1. The van der Waals surface area contributed by atoms with E-state index in [0.29, 0.717) is 0 Å². The second kappa shape index (κ2) is 7.17. The number of thioether (sulfide) groups is 1. The Balaban J connectivity index is 4.00. The van der Waals surface area contributed by atoms with E-state index in [1.54, 1.807) is 27.7 Å². The Hall–Kier alpha value is -1.22. The Labute approximate surface area is 106 Å². The Morgan fingerprint density at radius 1 is 1.47 bits per heavy atom. The highest BCUT2D eigenvalue weighted by molar-refractivity contribution is 8.00. The minimum absolute atomic E-state index is 0.167. The zero-order valence-electron chi connectivity index (χ0n) is 10.6. The fraction of sp³-hybridized carbons (Fsp3) is 0.727. The molecule has 0 spiro atoms. The maximum absolute atomic E-state index is 11.5. The van der Waals surface area contributed by atoms with Crippen molar-refractivity contribution in [1.29, 1.82) is 5.26 Å². The number of nitriles is 1. The van der Waals surface area contributed by atoms with Crippen LogP contribution < -0.4 is 5.32 Å². The maximum atomic E-state index is 11.5. The molecule has 0 aliphatic heterocycles. The molecule has 1 N–H and O–H groups in total. The van der Waals surface area contributed by atoms with Gasteiger partial charge in [-0.3, -0.25) is 4.79 Å². The number of ether oxygens (including phenoxy) is 1. The van der Waals surface area contributed by atoms with E-state index in [9.17, 15) is 9.59 Å². The van der Waals surface area contributed by atoms with Gasteiger partial charge in [0.25, 0.3) is 0 Å². The zero-order chi connectivity index (χ0) is 13.5. The minimum atomic E-state index is -0.676. The van der Waals surface area contributed by atoms with Crippen molar-refractivity contribution in [2.75, 3.05) is 11.5 Å². The van der Waals surface area contributed by atoms with E-state index in [2.05, 4.69) is 5.32 Å². The van der Waals surface area contributed by atoms with Gasteiger partial charge in [-0.25, -0.2) is 4.79 Å². The average Bonchev–Trinajstić information content (AvgIpc) is 2.15. The molecule has 0 radical (unpaired) electrons. The van der Waals surface area contributed by atoms with Crippen LogP contribution in [0.1, 0.15) is 27.7 Å². The van der Waals surface area contributed by atoms with E-state index < -0.39 is 17.6 Å². The first-order chi connectivity index (χ1) is 7.76. The summed E-state index contributed by atoms with van der Waals surface area (Å²) in [5.41, 5.74) is -0.564. The molecule has 0 unspecified atom stereocenters. The Kier molecular flexibility index (Phi) is 6.66.